The van der Waals surface area contributed by atoms with E-state index < -0.39 is 47.3 Å². The molecule has 0 fully saturated rings. The molecule has 0 spiro atoms. The molecule has 0 aliphatic carbocycles. The first-order chi connectivity index (χ1) is 11.9. The highest BCUT2D eigenvalue weighted by atomic mass is 19.1. The van der Waals surface area contributed by atoms with Crippen LogP contribution in [-0.2, 0) is 19.1 Å². The van der Waals surface area contributed by atoms with E-state index in [4.69, 9.17) is 14.2 Å². The molecule has 0 unspecified atom stereocenters. The predicted molar refractivity (Wildman–Crippen MR) is 91.6 cm³/mol. The molecule has 0 bridgehead atoms. The number of halogens is 2. The highest BCUT2D eigenvalue weighted by Gasteiger charge is 2.26. The third-order valence-corrected chi connectivity index (χ3v) is 3.46. The summed E-state index contributed by atoms with van der Waals surface area (Å²) in [5, 5.41) is 0. The van der Waals surface area contributed by atoms with Crippen molar-refractivity contribution >= 4 is 11.9 Å². The van der Waals surface area contributed by atoms with Gasteiger partial charge in [-0.3, -0.25) is 9.59 Å². The van der Waals surface area contributed by atoms with Crippen molar-refractivity contribution in [2.24, 2.45) is 5.92 Å². The fourth-order valence-corrected chi connectivity index (χ4v) is 1.98. The molecule has 0 aliphatic heterocycles. The van der Waals surface area contributed by atoms with Crippen LogP contribution in [0.15, 0.2) is 18.2 Å². The van der Waals surface area contributed by atoms with Crippen LogP contribution in [0.4, 0.5) is 8.78 Å². The number of carbonyl (C=O) groups excluding carboxylic acids is 2. The maximum atomic E-state index is 13.6. The molecule has 1 aromatic carbocycles. The number of rotatable bonds is 7. The zero-order valence-electron chi connectivity index (χ0n) is 16.0. The average Bonchev–Trinajstić information content (AvgIpc) is 2.48. The normalized spacial score (nSPS) is 14.9. The summed E-state index contributed by atoms with van der Waals surface area (Å²) in [4.78, 5) is 23.9. The van der Waals surface area contributed by atoms with Gasteiger partial charge in [-0.15, -0.1) is 0 Å². The number of hydrogen-bond donors (Lipinski definition) is 0. The summed E-state index contributed by atoms with van der Waals surface area (Å²) in [6.07, 6.45) is -1.56. The molecule has 7 heteroatoms. The summed E-state index contributed by atoms with van der Waals surface area (Å²) in [5.41, 5.74) is -0.634. The Morgan fingerprint density at radius 2 is 1.69 bits per heavy atom. The number of carbonyl (C=O) groups is 2. The lowest BCUT2D eigenvalue weighted by Crippen LogP contribution is -2.34. The maximum absolute atomic E-state index is 13.6. The van der Waals surface area contributed by atoms with Crippen molar-refractivity contribution in [3.05, 3.63) is 29.8 Å². The third-order valence-electron chi connectivity index (χ3n) is 3.46. The molecule has 0 amide bonds. The molecule has 0 radical (unpaired) electrons. The Bertz CT molecular complexity index is 639. The zero-order valence-corrected chi connectivity index (χ0v) is 16.0. The fourth-order valence-electron chi connectivity index (χ4n) is 1.98. The van der Waals surface area contributed by atoms with Crippen molar-refractivity contribution in [2.45, 2.75) is 65.8 Å². The SMILES string of the molecule is C[C@H](CC(=O)OC(C)(C)C)C(=O)O[C@@H](C)[C@@H](C)Oc1cc(F)ccc1F. The summed E-state index contributed by atoms with van der Waals surface area (Å²) in [6, 6.07) is 2.86. The number of hydrogen-bond acceptors (Lipinski definition) is 5. The standard InChI is InChI=1S/C19H26F2O5/c1-11(9-17(22)26-19(4,5)6)18(23)25-13(3)12(2)24-16-10-14(20)7-8-15(16)21/h7-8,10-13H,9H2,1-6H3/t11-,12-,13+/m1/s1. The molecule has 0 aromatic heterocycles. The Kier molecular flexibility index (Phi) is 7.54. The van der Waals surface area contributed by atoms with Crippen LogP contribution in [-0.4, -0.2) is 29.7 Å². The van der Waals surface area contributed by atoms with Crippen LogP contribution in [0.2, 0.25) is 0 Å². The van der Waals surface area contributed by atoms with Gasteiger partial charge in [-0.25, -0.2) is 8.78 Å². The molecule has 3 atom stereocenters. The van der Waals surface area contributed by atoms with Crippen LogP contribution < -0.4 is 4.74 Å². The van der Waals surface area contributed by atoms with E-state index in [1.807, 2.05) is 0 Å². The van der Waals surface area contributed by atoms with E-state index in [9.17, 15) is 18.4 Å². The first kappa shape index (κ1) is 21.9. The topological polar surface area (TPSA) is 61.8 Å². The van der Waals surface area contributed by atoms with Gasteiger partial charge in [-0.2, -0.15) is 0 Å². The molecule has 26 heavy (non-hydrogen) atoms. The van der Waals surface area contributed by atoms with Gasteiger partial charge in [-0.05, 0) is 46.8 Å². The maximum Gasteiger partial charge on any atom is 0.309 e. The summed E-state index contributed by atoms with van der Waals surface area (Å²) in [6.45, 7) is 9.90. The van der Waals surface area contributed by atoms with E-state index in [0.717, 1.165) is 18.2 Å². The van der Waals surface area contributed by atoms with Crippen LogP contribution in [0.25, 0.3) is 0 Å². The second-order valence-electron chi connectivity index (χ2n) is 7.23. The third kappa shape index (κ3) is 7.37. The zero-order chi connectivity index (χ0) is 20.1. The van der Waals surface area contributed by atoms with Crippen LogP contribution in [0, 0.1) is 17.6 Å². The van der Waals surface area contributed by atoms with Gasteiger partial charge in [0.1, 0.15) is 23.6 Å². The van der Waals surface area contributed by atoms with E-state index in [2.05, 4.69) is 0 Å². The minimum atomic E-state index is -0.730. The highest BCUT2D eigenvalue weighted by Crippen LogP contribution is 2.21. The van der Waals surface area contributed by atoms with Gasteiger partial charge in [0.25, 0.3) is 0 Å². The number of ether oxygens (including phenoxy) is 3. The van der Waals surface area contributed by atoms with Crippen LogP contribution in [0.5, 0.6) is 5.75 Å². The average molecular weight is 372 g/mol. The Morgan fingerprint density at radius 3 is 2.27 bits per heavy atom. The lowest BCUT2D eigenvalue weighted by Gasteiger charge is -2.24. The molecule has 1 rings (SSSR count). The van der Waals surface area contributed by atoms with Crippen molar-refractivity contribution in [2.75, 3.05) is 0 Å². The number of esters is 2. The van der Waals surface area contributed by atoms with Gasteiger partial charge in [-0.1, -0.05) is 6.92 Å². The van der Waals surface area contributed by atoms with Gasteiger partial charge in [0, 0.05) is 6.07 Å². The lowest BCUT2D eigenvalue weighted by atomic mass is 10.1. The van der Waals surface area contributed by atoms with Crippen molar-refractivity contribution in [1.82, 2.24) is 0 Å². The summed E-state index contributed by atoms with van der Waals surface area (Å²) in [5.74, 6) is -3.41. The number of benzene rings is 1. The highest BCUT2D eigenvalue weighted by molar-refractivity contribution is 5.79. The summed E-state index contributed by atoms with van der Waals surface area (Å²) in [7, 11) is 0. The smallest absolute Gasteiger partial charge is 0.309 e. The minimum absolute atomic E-state index is 0.114. The molecule has 1 aromatic rings. The molecule has 0 saturated heterocycles. The Balaban J connectivity index is 2.57. The van der Waals surface area contributed by atoms with Crippen molar-refractivity contribution in [3.8, 4) is 5.75 Å². The van der Waals surface area contributed by atoms with Crippen molar-refractivity contribution in [3.63, 3.8) is 0 Å². The molecule has 0 aliphatic rings. The second-order valence-corrected chi connectivity index (χ2v) is 7.23. The molecule has 0 N–H and O–H groups in total. The van der Waals surface area contributed by atoms with Gasteiger partial charge >= 0.3 is 11.9 Å². The summed E-state index contributed by atoms with van der Waals surface area (Å²) >= 11 is 0. The fraction of sp³-hybridized carbons (Fsp3) is 0.579. The summed E-state index contributed by atoms with van der Waals surface area (Å²) < 4.78 is 42.5. The Hall–Kier alpha value is -2.18. The van der Waals surface area contributed by atoms with Crippen LogP contribution in [0.3, 0.4) is 0 Å². The molecule has 5 nitrogen and oxygen atoms in total. The molecule has 0 heterocycles. The first-order valence-corrected chi connectivity index (χ1v) is 8.43. The Labute approximate surface area is 152 Å². The lowest BCUT2D eigenvalue weighted by molar-refractivity contribution is -0.164. The van der Waals surface area contributed by atoms with Gasteiger partial charge < -0.3 is 14.2 Å². The molecular weight excluding hydrogens is 346 g/mol. The largest absolute Gasteiger partial charge is 0.484 e. The van der Waals surface area contributed by atoms with E-state index in [0.29, 0.717) is 0 Å². The van der Waals surface area contributed by atoms with E-state index in [1.165, 1.54) is 0 Å². The van der Waals surface area contributed by atoms with Gasteiger partial charge in [0.05, 0.1) is 12.3 Å². The van der Waals surface area contributed by atoms with Crippen molar-refractivity contribution < 1.29 is 32.6 Å². The van der Waals surface area contributed by atoms with Crippen molar-refractivity contribution in [1.29, 1.82) is 0 Å². The quantitative estimate of drug-likeness (QED) is 0.676. The second kappa shape index (κ2) is 8.96. The molecule has 0 saturated carbocycles. The van der Waals surface area contributed by atoms with E-state index in [-0.39, 0.29) is 12.2 Å². The van der Waals surface area contributed by atoms with E-state index >= 15 is 0 Å². The minimum Gasteiger partial charge on any atom is -0.484 e. The van der Waals surface area contributed by atoms with Crippen LogP contribution in [0.1, 0.15) is 48.0 Å². The predicted octanol–water partition coefficient (Wildman–Crippen LogP) is 4.03. The van der Waals surface area contributed by atoms with Crippen LogP contribution >= 0.6 is 0 Å². The Morgan fingerprint density at radius 1 is 1.08 bits per heavy atom. The monoisotopic (exact) mass is 372 g/mol. The first-order valence-electron chi connectivity index (χ1n) is 8.43. The molecule has 146 valence electrons. The molecular formula is C19H26F2O5. The van der Waals surface area contributed by atoms with Gasteiger partial charge in [0.15, 0.2) is 11.6 Å². The van der Waals surface area contributed by atoms with Gasteiger partial charge in [0.2, 0.25) is 0 Å². The van der Waals surface area contributed by atoms with E-state index in [1.54, 1.807) is 41.5 Å².